The van der Waals surface area contributed by atoms with Crippen molar-refractivity contribution in [3.05, 3.63) is 27.9 Å². The van der Waals surface area contributed by atoms with E-state index in [0.29, 0.717) is 37.5 Å². The normalized spacial score (nSPS) is 22.8. The number of aromatic nitrogens is 1. The number of nitrogens with zero attached hydrogens (tertiary/aromatic N) is 3. The summed E-state index contributed by atoms with van der Waals surface area (Å²) in [6.07, 6.45) is 2.16. The lowest BCUT2D eigenvalue weighted by molar-refractivity contribution is -0.139. The number of morpholine rings is 1. The molecule has 0 aliphatic carbocycles. The Kier molecular flexibility index (Phi) is 7.34. The molecule has 2 aliphatic heterocycles. The van der Waals surface area contributed by atoms with Crippen molar-refractivity contribution < 1.29 is 24.2 Å². The summed E-state index contributed by atoms with van der Waals surface area (Å²) in [5.74, 6) is -0.588. The molecule has 3 rings (SSSR count). The predicted octanol–water partition coefficient (Wildman–Crippen LogP) is 1.26. The van der Waals surface area contributed by atoms with E-state index < -0.39 is 5.97 Å². The number of rotatable bonds is 8. The highest BCUT2D eigenvalue weighted by molar-refractivity contribution is 7.11. The van der Waals surface area contributed by atoms with Crippen molar-refractivity contribution in [1.82, 2.24) is 15.2 Å². The number of aliphatic imine (C=N–C) groups is 1. The Morgan fingerprint density at radius 1 is 1.48 bits per heavy atom. The molecule has 0 amide bonds. The quantitative estimate of drug-likeness (QED) is 0.602. The van der Waals surface area contributed by atoms with Gasteiger partial charge in [-0.25, -0.2) is 9.78 Å². The van der Waals surface area contributed by atoms with Gasteiger partial charge in [-0.05, 0) is 20.3 Å². The van der Waals surface area contributed by atoms with Gasteiger partial charge in [-0.15, -0.1) is 11.3 Å². The van der Waals surface area contributed by atoms with Crippen LogP contribution in [0.1, 0.15) is 31.7 Å². The summed E-state index contributed by atoms with van der Waals surface area (Å²) in [4.78, 5) is 34.5. The minimum Gasteiger partial charge on any atom is -0.481 e. The summed E-state index contributed by atoms with van der Waals surface area (Å²) in [5, 5.41) is 15.0. The number of carbonyl (C=O) groups is 2. The molecule has 2 aliphatic rings. The van der Waals surface area contributed by atoms with Crippen molar-refractivity contribution in [3.8, 4) is 0 Å². The van der Waals surface area contributed by atoms with E-state index in [2.05, 4.69) is 20.2 Å². The van der Waals surface area contributed by atoms with Gasteiger partial charge in [-0.3, -0.25) is 14.7 Å². The number of aliphatic carboxylic acids is 1. The van der Waals surface area contributed by atoms with Gasteiger partial charge in [-0.1, -0.05) is 0 Å². The number of carbonyl (C=O) groups excluding carboxylic acids is 1. The molecule has 2 N–H and O–H groups in total. The molecule has 0 bridgehead atoms. The molecule has 10 heteroatoms. The van der Waals surface area contributed by atoms with Crippen molar-refractivity contribution in [1.29, 1.82) is 0 Å². The second-order valence-electron chi connectivity index (χ2n) is 6.85. The minimum atomic E-state index is -0.830. The number of hydrogen-bond donors (Lipinski definition) is 2. The second kappa shape index (κ2) is 9.95. The lowest BCUT2D eigenvalue weighted by atomic mass is 10.0. The lowest BCUT2D eigenvalue weighted by Crippen LogP contribution is -2.52. The molecule has 2 atom stereocenters. The first-order valence-electron chi connectivity index (χ1n) is 9.67. The Morgan fingerprint density at radius 2 is 2.31 bits per heavy atom. The maximum atomic E-state index is 12.5. The number of carboxylic acids is 1. The SMILES string of the molecule is CCOC(=O)C1=C(CN2CCO[C@H](C)C2CCC(=O)O)NC(c2nccs2)=NC1. The average molecular weight is 423 g/mol. The summed E-state index contributed by atoms with van der Waals surface area (Å²) in [6, 6.07) is -0.0558. The van der Waals surface area contributed by atoms with Gasteiger partial charge in [0.2, 0.25) is 0 Å². The third-order valence-electron chi connectivity index (χ3n) is 4.97. The third kappa shape index (κ3) is 5.40. The molecule has 1 fully saturated rings. The number of nitrogens with one attached hydrogen (secondary N) is 1. The van der Waals surface area contributed by atoms with E-state index >= 15 is 0 Å². The molecule has 29 heavy (non-hydrogen) atoms. The molecule has 1 aromatic rings. The summed E-state index contributed by atoms with van der Waals surface area (Å²) in [7, 11) is 0. The van der Waals surface area contributed by atoms with E-state index in [0.717, 1.165) is 10.7 Å². The maximum Gasteiger partial charge on any atom is 0.337 e. The Hall–Kier alpha value is -2.30. The van der Waals surface area contributed by atoms with E-state index in [4.69, 9.17) is 14.6 Å². The van der Waals surface area contributed by atoms with Crippen LogP contribution in [0, 0.1) is 0 Å². The molecule has 0 aromatic carbocycles. The maximum absolute atomic E-state index is 12.5. The van der Waals surface area contributed by atoms with Crippen molar-refractivity contribution in [3.63, 3.8) is 0 Å². The molecular weight excluding hydrogens is 396 g/mol. The summed E-state index contributed by atoms with van der Waals surface area (Å²) >= 11 is 1.47. The zero-order chi connectivity index (χ0) is 20.8. The monoisotopic (exact) mass is 422 g/mol. The van der Waals surface area contributed by atoms with Gasteiger partial charge >= 0.3 is 11.9 Å². The Morgan fingerprint density at radius 3 is 3.00 bits per heavy atom. The van der Waals surface area contributed by atoms with Gasteiger partial charge in [0.05, 0.1) is 31.4 Å². The number of thiazole rings is 1. The lowest BCUT2D eigenvalue weighted by Gasteiger charge is -2.40. The van der Waals surface area contributed by atoms with E-state index in [-0.39, 0.29) is 37.7 Å². The Labute approximate surface area is 173 Å². The van der Waals surface area contributed by atoms with Crippen LogP contribution in [0.2, 0.25) is 0 Å². The molecule has 1 saturated heterocycles. The van der Waals surface area contributed by atoms with Crippen LogP contribution in [0.25, 0.3) is 0 Å². The van der Waals surface area contributed by atoms with E-state index in [9.17, 15) is 9.59 Å². The van der Waals surface area contributed by atoms with Crippen molar-refractivity contribution in [2.24, 2.45) is 4.99 Å². The fourth-order valence-corrected chi connectivity index (χ4v) is 4.13. The van der Waals surface area contributed by atoms with Gasteiger partial charge in [-0.2, -0.15) is 0 Å². The van der Waals surface area contributed by atoms with Crippen LogP contribution in [0.5, 0.6) is 0 Å². The van der Waals surface area contributed by atoms with Crippen molar-refractivity contribution >= 4 is 29.1 Å². The summed E-state index contributed by atoms with van der Waals surface area (Å²) in [6.45, 7) is 5.89. The van der Waals surface area contributed by atoms with Gasteiger partial charge in [0.25, 0.3) is 0 Å². The molecule has 9 nitrogen and oxygen atoms in total. The first kappa shape index (κ1) is 21.4. The van der Waals surface area contributed by atoms with Crippen molar-refractivity contribution in [2.45, 2.75) is 38.8 Å². The van der Waals surface area contributed by atoms with Gasteiger partial charge < -0.3 is 19.9 Å². The fourth-order valence-electron chi connectivity index (χ4n) is 3.53. The molecular formula is C19H26N4O5S. The highest BCUT2D eigenvalue weighted by atomic mass is 32.1. The highest BCUT2D eigenvalue weighted by Gasteiger charge is 2.32. The van der Waals surface area contributed by atoms with Gasteiger partial charge in [0, 0.05) is 42.8 Å². The van der Waals surface area contributed by atoms with E-state index in [1.54, 1.807) is 13.1 Å². The number of ether oxygens (including phenoxy) is 2. The number of esters is 1. The first-order chi connectivity index (χ1) is 14.0. The van der Waals surface area contributed by atoms with Crippen LogP contribution in [0.15, 0.2) is 27.8 Å². The van der Waals surface area contributed by atoms with Crippen LogP contribution < -0.4 is 5.32 Å². The molecule has 0 radical (unpaired) electrons. The Bertz CT molecular complexity index is 793. The number of hydrogen-bond acceptors (Lipinski definition) is 9. The molecule has 158 valence electrons. The third-order valence-corrected chi connectivity index (χ3v) is 5.75. The standard InChI is InChI=1S/C19H26N4O5S/c1-3-27-19(26)13-10-21-17(18-20-6-9-29-18)22-14(13)11-23-7-8-28-12(2)15(23)4-5-16(24)25/h6,9,12,15H,3-5,7-8,10-11H2,1-2H3,(H,21,22)(H,24,25)/t12-,15?/m1/s1. The zero-order valence-corrected chi connectivity index (χ0v) is 17.4. The molecule has 0 spiro atoms. The Balaban J connectivity index is 1.81. The topological polar surface area (TPSA) is 113 Å². The van der Waals surface area contributed by atoms with E-state index in [1.807, 2.05) is 12.3 Å². The molecule has 3 heterocycles. The van der Waals surface area contributed by atoms with E-state index in [1.165, 1.54) is 11.3 Å². The second-order valence-corrected chi connectivity index (χ2v) is 7.75. The minimum absolute atomic E-state index is 0.0558. The van der Waals surface area contributed by atoms with Gasteiger partial charge in [0.15, 0.2) is 10.8 Å². The van der Waals surface area contributed by atoms with Gasteiger partial charge in [0.1, 0.15) is 0 Å². The number of carboxylic acid groups (broad SMARTS) is 1. The zero-order valence-electron chi connectivity index (χ0n) is 16.6. The highest BCUT2D eigenvalue weighted by Crippen LogP contribution is 2.22. The molecule has 0 saturated carbocycles. The number of amidine groups is 1. The van der Waals surface area contributed by atoms with Crippen LogP contribution in [-0.2, 0) is 19.1 Å². The smallest absolute Gasteiger partial charge is 0.337 e. The predicted molar refractivity (Wildman–Crippen MR) is 108 cm³/mol. The summed E-state index contributed by atoms with van der Waals surface area (Å²) in [5.41, 5.74) is 1.21. The van der Waals surface area contributed by atoms with Crippen LogP contribution >= 0.6 is 11.3 Å². The van der Waals surface area contributed by atoms with Crippen LogP contribution in [-0.4, -0.2) is 77.8 Å². The molecule has 1 unspecified atom stereocenters. The van der Waals surface area contributed by atoms with Crippen LogP contribution in [0.3, 0.4) is 0 Å². The first-order valence-corrected chi connectivity index (χ1v) is 10.6. The molecule has 1 aromatic heterocycles. The summed E-state index contributed by atoms with van der Waals surface area (Å²) < 4.78 is 11.0. The fraction of sp³-hybridized carbons (Fsp3) is 0.579. The largest absolute Gasteiger partial charge is 0.481 e. The van der Waals surface area contributed by atoms with Crippen molar-refractivity contribution in [2.75, 3.05) is 32.8 Å². The van der Waals surface area contributed by atoms with Crippen LogP contribution in [0.4, 0.5) is 0 Å². The average Bonchev–Trinajstić information content (AvgIpc) is 3.22.